The highest BCUT2D eigenvalue weighted by Gasteiger charge is 2.07. The largest absolute Gasteiger partial charge is 0.392 e. The third kappa shape index (κ3) is 2.53. The summed E-state index contributed by atoms with van der Waals surface area (Å²) in [5.41, 5.74) is 2.93. The molecule has 0 aliphatic carbocycles. The van der Waals surface area contributed by atoms with Crippen molar-refractivity contribution in [2.24, 2.45) is 0 Å². The van der Waals surface area contributed by atoms with E-state index in [0.29, 0.717) is 5.92 Å². The Morgan fingerprint density at radius 3 is 2.65 bits per heavy atom. The van der Waals surface area contributed by atoms with Gasteiger partial charge in [-0.05, 0) is 36.1 Å². The molecule has 2 aromatic heterocycles. The summed E-state index contributed by atoms with van der Waals surface area (Å²) in [6.07, 6.45) is 3.72. The van der Waals surface area contributed by atoms with Gasteiger partial charge >= 0.3 is 0 Å². The van der Waals surface area contributed by atoms with E-state index in [9.17, 15) is 5.11 Å². The molecule has 0 aromatic carbocycles. The molecular weight excluding hydrogens is 214 g/mol. The average Bonchev–Trinajstić information content (AvgIpc) is 2.75. The maximum Gasteiger partial charge on any atom is 0.153 e. The molecule has 0 unspecified atom stereocenters. The Morgan fingerprint density at radius 2 is 2.12 bits per heavy atom. The molecule has 0 bridgehead atoms. The number of aliphatic hydroxyl groups excluding tert-OH is 1. The molecule has 4 nitrogen and oxygen atoms in total. The quantitative estimate of drug-likeness (QED) is 0.881. The second kappa shape index (κ2) is 4.67. The van der Waals surface area contributed by atoms with Gasteiger partial charge in [0.2, 0.25) is 0 Å². The van der Waals surface area contributed by atoms with E-state index < -0.39 is 0 Å². The van der Waals surface area contributed by atoms with Gasteiger partial charge in [-0.2, -0.15) is 5.10 Å². The molecule has 1 N–H and O–H groups in total. The van der Waals surface area contributed by atoms with E-state index in [0.717, 1.165) is 22.6 Å². The molecule has 2 rings (SSSR count). The Bertz CT molecular complexity index is 517. The SMILES string of the molecule is Cc1cnn(-c2cc(CO)cc(C(C)C)n2)c1. The van der Waals surface area contributed by atoms with Crippen LogP contribution >= 0.6 is 0 Å². The lowest BCUT2D eigenvalue weighted by Crippen LogP contribution is -2.04. The molecule has 90 valence electrons. The van der Waals surface area contributed by atoms with Gasteiger partial charge in [0, 0.05) is 11.9 Å². The minimum absolute atomic E-state index is 0.0233. The zero-order valence-corrected chi connectivity index (χ0v) is 10.4. The zero-order chi connectivity index (χ0) is 12.4. The van der Waals surface area contributed by atoms with Gasteiger partial charge < -0.3 is 5.11 Å². The van der Waals surface area contributed by atoms with Crippen molar-refractivity contribution in [3.8, 4) is 5.82 Å². The summed E-state index contributed by atoms with van der Waals surface area (Å²) in [6, 6.07) is 3.79. The molecule has 0 amide bonds. The fourth-order valence-corrected chi connectivity index (χ4v) is 1.64. The van der Waals surface area contributed by atoms with Crippen LogP contribution in [0.15, 0.2) is 24.5 Å². The van der Waals surface area contributed by atoms with Gasteiger partial charge in [0.25, 0.3) is 0 Å². The number of nitrogens with zero attached hydrogens (tertiary/aromatic N) is 3. The van der Waals surface area contributed by atoms with Crippen molar-refractivity contribution in [1.29, 1.82) is 0 Å². The zero-order valence-electron chi connectivity index (χ0n) is 10.4. The third-order valence-electron chi connectivity index (χ3n) is 2.61. The first kappa shape index (κ1) is 11.8. The fourth-order valence-electron chi connectivity index (χ4n) is 1.64. The number of pyridine rings is 1. The van der Waals surface area contributed by atoms with Crippen LogP contribution in [0.1, 0.15) is 36.6 Å². The highest BCUT2D eigenvalue weighted by atomic mass is 16.3. The lowest BCUT2D eigenvalue weighted by Gasteiger charge is -2.09. The summed E-state index contributed by atoms with van der Waals surface area (Å²) in [5, 5.41) is 13.5. The first-order chi connectivity index (χ1) is 8.10. The number of hydrogen-bond acceptors (Lipinski definition) is 3. The second-order valence-electron chi connectivity index (χ2n) is 4.53. The topological polar surface area (TPSA) is 50.9 Å². The average molecular weight is 231 g/mol. The molecule has 0 saturated carbocycles. The Balaban J connectivity index is 2.49. The van der Waals surface area contributed by atoms with Crippen molar-refractivity contribution < 1.29 is 5.11 Å². The smallest absolute Gasteiger partial charge is 0.153 e. The van der Waals surface area contributed by atoms with E-state index in [1.807, 2.05) is 25.3 Å². The van der Waals surface area contributed by atoms with Crippen molar-refractivity contribution in [2.75, 3.05) is 0 Å². The third-order valence-corrected chi connectivity index (χ3v) is 2.61. The predicted octanol–water partition coefficient (Wildman–Crippen LogP) is 2.19. The van der Waals surface area contributed by atoms with E-state index in [2.05, 4.69) is 23.9 Å². The molecule has 0 aliphatic rings. The number of hydrogen-bond donors (Lipinski definition) is 1. The van der Waals surface area contributed by atoms with Gasteiger partial charge in [-0.25, -0.2) is 9.67 Å². The van der Waals surface area contributed by atoms with Gasteiger partial charge in [-0.1, -0.05) is 13.8 Å². The minimum atomic E-state index is 0.0233. The molecule has 4 heteroatoms. The second-order valence-corrected chi connectivity index (χ2v) is 4.53. The van der Waals surface area contributed by atoms with Crippen molar-refractivity contribution in [2.45, 2.75) is 33.3 Å². The molecular formula is C13H17N3O. The van der Waals surface area contributed by atoms with Crippen LogP contribution < -0.4 is 0 Å². The Morgan fingerprint density at radius 1 is 1.35 bits per heavy atom. The Labute approximate surface area is 101 Å². The van der Waals surface area contributed by atoms with Crippen molar-refractivity contribution >= 4 is 0 Å². The molecule has 0 spiro atoms. The van der Waals surface area contributed by atoms with Crippen LogP contribution in [0.5, 0.6) is 0 Å². The lowest BCUT2D eigenvalue weighted by molar-refractivity contribution is 0.281. The Hall–Kier alpha value is -1.68. The highest BCUT2D eigenvalue weighted by molar-refractivity contribution is 5.31. The van der Waals surface area contributed by atoms with E-state index >= 15 is 0 Å². The van der Waals surface area contributed by atoms with Gasteiger partial charge in [-0.3, -0.25) is 0 Å². The summed E-state index contributed by atoms with van der Waals surface area (Å²) >= 11 is 0. The predicted molar refractivity (Wildman–Crippen MR) is 66.1 cm³/mol. The maximum absolute atomic E-state index is 9.26. The van der Waals surface area contributed by atoms with E-state index in [1.165, 1.54) is 0 Å². The normalized spacial score (nSPS) is 11.1. The molecule has 0 saturated heterocycles. The van der Waals surface area contributed by atoms with Crippen molar-refractivity contribution in [3.05, 3.63) is 41.3 Å². The van der Waals surface area contributed by atoms with Crippen LogP contribution in [-0.2, 0) is 6.61 Å². The first-order valence-corrected chi connectivity index (χ1v) is 5.73. The molecule has 0 aliphatic heterocycles. The summed E-state index contributed by atoms with van der Waals surface area (Å²) in [7, 11) is 0. The van der Waals surface area contributed by atoms with Gasteiger partial charge in [0.1, 0.15) is 0 Å². The van der Waals surface area contributed by atoms with Crippen molar-refractivity contribution in [1.82, 2.24) is 14.8 Å². The minimum Gasteiger partial charge on any atom is -0.392 e. The molecule has 0 atom stereocenters. The number of aliphatic hydroxyl groups is 1. The van der Waals surface area contributed by atoms with Crippen molar-refractivity contribution in [3.63, 3.8) is 0 Å². The monoisotopic (exact) mass is 231 g/mol. The van der Waals surface area contributed by atoms with Crippen LogP contribution in [0.2, 0.25) is 0 Å². The lowest BCUT2D eigenvalue weighted by atomic mass is 10.1. The molecule has 17 heavy (non-hydrogen) atoms. The van der Waals surface area contributed by atoms with Gasteiger partial charge in [-0.15, -0.1) is 0 Å². The number of rotatable bonds is 3. The summed E-state index contributed by atoms with van der Waals surface area (Å²) in [4.78, 5) is 4.55. The first-order valence-electron chi connectivity index (χ1n) is 5.73. The summed E-state index contributed by atoms with van der Waals surface area (Å²) in [6.45, 7) is 6.18. The fraction of sp³-hybridized carbons (Fsp3) is 0.385. The van der Waals surface area contributed by atoms with Gasteiger partial charge in [0.15, 0.2) is 5.82 Å². The molecule has 2 aromatic rings. The van der Waals surface area contributed by atoms with Crippen LogP contribution in [0, 0.1) is 6.92 Å². The van der Waals surface area contributed by atoms with E-state index in [-0.39, 0.29) is 6.61 Å². The molecule has 0 radical (unpaired) electrons. The van der Waals surface area contributed by atoms with Crippen LogP contribution in [0.25, 0.3) is 5.82 Å². The summed E-state index contributed by atoms with van der Waals surface area (Å²) < 4.78 is 1.74. The van der Waals surface area contributed by atoms with E-state index in [1.54, 1.807) is 10.9 Å². The number of aromatic nitrogens is 3. The number of aryl methyl sites for hydroxylation is 1. The molecule has 0 fully saturated rings. The maximum atomic E-state index is 9.26. The van der Waals surface area contributed by atoms with Crippen LogP contribution in [0.4, 0.5) is 0 Å². The molecule has 2 heterocycles. The standard InChI is InChI=1S/C13H17N3O/c1-9(2)12-4-11(8-17)5-13(15-12)16-7-10(3)6-14-16/h4-7,9,17H,8H2,1-3H3. The van der Waals surface area contributed by atoms with Crippen LogP contribution in [-0.4, -0.2) is 19.9 Å². The van der Waals surface area contributed by atoms with Crippen LogP contribution in [0.3, 0.4) is 0 Å². The van der Waals surface area contributed by atoms with E-state index in [4.69, 9.17) is 0 Å². The highest BCUT2D eigenvalue weighted by Crippen LogP contribution is 2.17. The Kier molecular flexibility index (Phi) is 3.24. The van der Waals surface area contributed by atoms with Gasteiger partial charge in [0.05, 0.1) is 12.8 Å². The summed E-state index contributed by atoms with van der Waals surface area (Å²) in [5.74, 6) is 1.09.